The number of ether oxygens (including phenoxy) is 1. The monoisotopic (exact) mass is 558 g/mol. The molecule has 1 fully saturated rings. The predicted octanol–water partition coefficient (Wildman–Crippen LogP) is 1.81. The molecule has 1 amide bonds. The van der Waals surface area contributed by atoms with Crippen molar-refractivity contribution in [2.24, 2.45) is 4.99 Å². The Kier molecular flexibility index (Phi) is 11.3. The normalized spacial score (nSPS) is 15.5. The number of piperazine rings is 1. The molecule has 1 aliphatic heterocycles. The van der Waals surface area contributed by atoms with E-state index in [1.54, 1.807) is 7.05 Å². The van der Waals surface area contributed by atoms with Gasteiger partial charge in [0.05, 0.1) is 13.1 Å². The van der Waals surface area contributed by atoms with Gasteiger partial charge in [0.15, 0.2) is 5.96 Å². The maximum Gasteiger partial charge on any atom is 0.421 e. The Morgan fingerprint density at radius 1 is 1.29 bits per heavy atom. The van der Waals surface area contributed by atoms with E-state index in [9.17, 15) is 18.0 Å². The van der Waals surface area contributed by atoms with E-state index in [2.05, 4.69) is 25.5 Å². The van der Waals surface area contributed by atoms with Crippen molar-refractivity contribution in [2.75, 3.05) is 52.9 Å². The number of nitrogens with zero attached hydrogens (tertiary/aromatic N) is 4. The van der Waals surface area contributed by atoms with E-state index in [-0.39, 0.29) is 49.1 Å². The number of aliphatic imine (C=N–C) groups is 1. The average molecular weight is 558 g/mol. The predicted molar refractivity (Wildman–Crippen MR) is 123 cm³/mol. The van der Waals surface area contributed by atoms with Gasteiger partial charge in [0.25, 0.3) is 0 Å². The van der Waals surface area contributed by atoms with Crippen LogP contribution in [0.15, 0.2) is 23.3 Å². The fourth-order valence-electron chi connectivity index (χ4n) is 3.05. The van der Waals surface area contributed by atoms with Crippen LogP contribution in [0.3, 0.4) is 0 Å². The first kappa shape index (κ1) is 27.2. The standard InChI is InChI=1S/C19H29F3N6O2.HI/c1-14(2)26-16(29)13-27-8-10-28(11-9-27)18(23-3)25-7-12-30-17-15(19(20,21)22)5-4-6-24-17;/h4-6,14H,7-13H2,1-3H3,(H,23,25)(H,26,29);1H. The van der Waals surface area contributed by atoms with Gasteiger partial charge >= 0.3 is 6.18 Å². The van der Waals surface area contributed by atoms with Gasteiger partial charge in [-0.1, -0.05) is 0 Å². The third-order valence-electron chi connectivity index (χ3n) is 4.40. The Morgan fingerprint density at radius 2 is 1.97 bits per heavy atom. The summed E-state index contributed by atoms with van der Waals surface area (Å²) in [7, 11) is 1.64. The second-order valence-electron chi connectivity index (χ2n) is 7.16. The van der Waals surface area contributed by atoms with Crippen molar-refractivity contribution in [2.45, 2.75) is 26.1 Å². The number of hydrogen-bond donors (Lipinski definition) is 2. The first-order valence-electron chi connectivity index (χ1n) is 9.83. The molecule has 0 saturated carbocycles. The molecule has 2 N–H and O–H groups in total. The average Bonchev–Trinajstić information content (AvgIpc) is 2.68. The summed E-state index contributed by atoms with van der Waals surface area (Å²) in [5, 5.41) is 5.97. The zero-order valence-corrected chi connectivity index (χ0v) is 20.2. The van der Waals surface area contributed by atoms with Crippen molar-refractivity contribution < 1.29 is 22.7 Å². The van der Waals surface area contributed by atoms with E-state index in [4.69, 9.17) is 4.74 Å². The SMILES string of the molecule is CN=C(NCCOc1ncccc1C(F)(F)F)N1CCN(CC(=O)NC(C)C)CC1.I. The van der Waals surface area contributed by atoms with Crippen LogP contribution in [0, 0.1) is 0 Å². The van der Waals surface area contributed by atoms with Crippen LogP contribution in [0.2, 0.25) is 0 Å². The van der Waals surface area contributed by atoms with Crippen molar-refractivity contribution in [1.29, 1.82) is 0 Å². The zero-order chi connectivity index (χ0) is 22.1. The minimum absolute atomic E-state index is 0. The number of alkyl halides is 3. The number of amides is 1. The van der Waals surface area contributed by atoms with Gasteiger partial charge in [0, 0.05) is 45.5 Å². The fraction of sp³-hybridized carbons (Fsp3) is 0.632. The molecule has 2 rings (SSSR count). The summed E-state index contributed by atoms with van der Waals surface area (Å²) in [5.74, 6) is 0.211. The molecule has 31 heavy (non-hydrogen) atoms. The van der Waals surface area contributed by atoms with Gasteiger partial charge in [-0.15, -0.1) is 24.0 Å². The Hall–Kier alpha value is -1.83. The van der Waals surface area contributed by atoms with E-state index in [0.717, 1.165) is 6.07 Å². The molecule has 1 saturated heterocycles. The van der Waals surface area contributed by atoms with Crippen LogP contribution in [-0.2, 0) is 11.0 Å². The first-order valence-corrected chi connectivity index (χ1v) is 9.83. The summed E-state index contributed by atoms with van der Waals surface area (Å²) in [4.78, 5) is 23.9. The highest BCUT2D eigenvalue weighted by molar-refractivity contribution is 14.0. The van der Waals surface area contributed by atoms with Gasteiger partial charge in [-0.2, -0.15) is 13.2 Å². The highest BCUT2D eigenvalue weighted by Gasteiger charge is 2.35. The maximum absolute atomic E-state index is 13.0. The van der Waals surface area contributed by atoms with Gasteiger partial charge in [-0.25, -0.2) is 4.98 Å². The van der Waals surface area contributed by atoms with Crippen molar-refractivity contribution in [3.05, 3.63) is 23.9 Å². The number of nitrogens with one attached hydrogen (secondary N) is 2. The summed E-state index contributed by atoms with van der Waals surface area (Å²) in [6.45, 7) is 7.29. The van der Waals surface area contributed by atoms with E-state index < -0.39 is 17.6 Å². The molecule has 1 aliphatic rings. The topological polar surface area (TPSA) is 82.1 Å². The fourth-order valence-corrected chi connectivity index (χ4v) is 3.05. The highest BCUT2D eigenvalue weighted by atomic mass is 127. The number of aromatic nitrogens is 1. The van der Waals surface area contributed by atoms with Crippen molar-refractivity contribution in [3.8, 4) is 5.88 Å². The number of hydrogen-bond acceptors (Lipinski definition) is 5. The van der Waals surface area contributed by atoms with Gasteiger partial charge < -0.3 is 20.3 Å². The molecule has 8 nitrogen and oxygen atoms in total. The van der Waals surface area contributed by atoms with Crippen LogP contribution in [0.5, 0.6) is 5.88 Å². The molecule has 0 atom stereocenters. The minimum Gasteiger partial charge on any atom is -0.475 e. The Bertz CT molecular complexity index is 725. The molecule has 0 radical (unpaired) electrons. The quantitative estimate of drug-likeness (QED) is 0.230. The summed E-state index contributed by atoms with van der Waals surface area (Å²) in [6, 6.07) is 2.28. The molecule has 176 valence electrons. The summed E-state index contributed by atoms with van der Waals surface area (Å²) in [5.41, 5.74) is -0.896. The van der Waals surface area contributed by atoms with Gasteiger partial charge in [-0.05, 0) is 26.0 Å². The smallest absolute Gasteiger partial charge is 0.421 e. The molecule has 12 heteroatoms. The summed E-state index contributed by atoms with van der Waals surface area (Å²) < 4.78 is 44.1. The molecule has 1 aromatic heterocycles. The van der Waals surface area contributed by atoms with Gasteiger partial charge in [0.2, 0.25) is 11.8 Å². The number of guanidine groups is 1. The van der Waals surface area contributed by atoms with E-state index in [0.29, 0.717) is 38.7 Å². The Morgan fingerprint density at radius 3 is 2.55 bits per heavy atom. The minimum atomic E-state index is -4.52. The molecule has 1 aromatic rings. The van der Waals surface area contributed by atoms with Crippen molar-refractivity contribution in [1.82, 2.24) is 25.4 Å². The molecule has 0 spiro atoms. The lowest BCUT2D eigenvalue weighted by Crippen LogP contribution is -2.54. The second kappa shape index (κ2) is 12.9. The van der Waals surface area contributed by atoms with Crippen molar-refractivity contribution >= 4 is 35.8 Å². The molecular weight excluding hydrogens is 528 g/mol. The number of carbonyl (C=O) groups is 1. The van der Waals surface area contributed by atoms with E-state index >= 15 is 0 Å². The highest BCUT2D eigenvalue weighted by Crippen LogP contribution is 2.34. The van der Waals surface area contributed by atoms with Gasteiger partial charge in [-0.3, -0.25) is 14.7 Å². The molecule has 0 bridgehead atoms. The maximum atomic E-state index is 13.0. The molecule has 2 heterocycles. The first-order chi connectivity index (χ1) is 14.2. The summed E-state index contributed by atoms with van der Waals surface area (Å²) >= 11 is 0. The molecule has 0 unspecified atom stereocenters. The Labute approximate surface area is 197 Å². The Balaban J connectivity index is 0.00000480. The van der Waals surface area contributed by atoms with Crippen LogP contribution >= 0.6 is 24.0 Å². The van der Waals surface area contributed by atoms with Crippen LogP contribution < -0.4 is 15.4 Å². The van der Waals surface area contributed by atoms with Crippen molar-refractivity contribution in [3.63, 3.8) is 0 Å². The number of halogens is 4. The van der Waals surface area contributed by atoms with E-state index in [1.165, 1.54) is 12.3 Å². The molecule has 0 aromatic carbocycles. The third-order valence-corrected chi connectivity index (χ3v) is 4.40. The zero-order valence-electron chi connectivity index (χ0n) is 17.9. The summed E-state index contributed by atoms with van der Waals surface area (Å²) in [6.07, 6.45) is -3.25. The van der Waals surface area contributed by atoms with E-state index in [1.807, 2.05) is 18.7 Å². The van der Waals surface area contributed by atoms with Gasteiger partial charge in [0.1, 0.15) is 12.2 Å². The third kappa shape index (κ3) is 9.05. The molecular formula is C19H30F3IN6O2. The largest absolute Gasteiger partial charge is 0.475 e. The number of carbonyl (C=O) groups excluding carboxylic acids is 1. The lowest BCUT2D eigenvalue weighted by molar-refractivity contribution is -0.139. The number of rotatable bonds is 7. The molecule has 0 aliphatic carbocycles. The van der Waals surface area contributed by atoms with Crippen LogP contribution in [0.4, 0.5) is 13.2 Å². The number of pyridine rings is 1. The second-order valence-corrected chi connectivity index (χ2v) is 7.16. The van der Waals surface area contributed by atoms with Crippen LogP contribution in [0.1, 0.15) is 19.4 Å². The van der Waals surface area contributed by atoms with Crippen LogP contribution in [-0.4, -0.2) is 85.6 Å². The van der Waals surface area contributed by atoms with Crippen LogP contribution in [0.25, 0.3) is 0 Å². The lowest BCUT2D eigenvalue weighted by Gasteiger charge is -2.36. The lowest BCUT2D eigenvalue weighted by atomic mass is 10.2.